The molecule has 0 aliphatic rings. The van der Waals surface area contributed by atoms with Crippen molar-refractivity contribution in [2.24, 2.45) is 0 Å². The number of benzene rings is 1. The van der Waals surface area contributed by atoms with E-state index in [4.69, 9.17) is 11.6 Å². The van der Waals surface area contributed by atoms with E-state index in [2.05, 4.69) is 5.32 Å². The molecule has 0 saturated heterocycles. The molecule has 0 heterocycles. The first-order valence-electron chi connectivity index (χ1n) is 5.73. The van der Waals surface area contributed by atoms with Gasteiger partial charge in [-0.15, -0.1) is 0 Å². The van der Waals surface area contributed by atoms with Crippen LogP contribution in [0.5, 0.6) is 0 Å². The van der Waals surface area contributed by atoms with Gasteiger partial charge in [0.15, 0.2) is 0 Å². The second-order valence-corrected chi connectivity index (χ2v) is 7.69. The van der Waals surface area contributed by atoms with E-state index in [1.54, 1.807) is 24.3 Å². The van der Waals surface area contributed by atoms with E-state index in [1.807, 2.05) is 20.8 Å². The van der Waals surface area contributed by atoms with E-state index in [0.717, 1.165) is 0 Å². The Labute approximate surface area is 115 Å². The largest absolute Gasteiger partial charge is 0.351 e. The van der Waals surface area contributed by atoms with Crippen LogP contribution in [0.1, 0.15) is 31.1 Å². The number of carbonyl (C=O) groups excluding carboxylic acids is 1. The SMILES string of the molecule is CC(C)(C)[S@](=O)CCNC(=O)c1ccc(Cl)cc1. The lowest BCUT2D eigenvalue weighted by Gasteiger charge is -2.17. The molecule has 3 nitrogen and oxygen atoms in total. The van der Waals surface area contributed by atoms with Crippen molar-refractivity contribution in [2.75, 3.05) is 12.3 Å². The summed E-state index contributed by atoms with van der Waals surface area (Å²) in [4.78, 5) is 11.7. The van der Waals surface area contributed by atoms with Crippen LogP contribution >= 0.6 is 11.6 Å². The minimum Gasteiger partial charge on any atom is -0.351 e. The predicted octanol–water partition coefficient (Wildman–Crippen LogP) is 2.62. The third-order valence-corrected chi connectivity index (χ3v) is 4.56. The lowest BCUT2D eigenvalue weighted by atomic mass is 10.2. The maximum Gasteiger partial charge on any atom is 0.251 e. The number of hydrogen-bond acceptors (Lipinski definition) is 2. The molecule has 18 heavy (non-hydrogen) atoms. The Hall–Kier alpha value is -0.870. The molecule has 5 heteroatoms. The molecule has 1 N–H and O–H groups in total. The molecule has 0 spiro atoms. The van der Waals surface area contributed by atoms with Crippen molar-refractivity contribution in [3.05, 3.63) is 34.9 Å². The fourth-order valence-electron chi connectivity index (χ4n) is 1.27. The summed E-state index contributed by atoms with van der Waals surface area (Å²) in [5.74, 6) is 0.292. The van der Waals surface area contributed by atoms with Gasteiger partial charge in [0.05, 0.1) is 0 Å². The molecule has 0 unspecified atom stereocenters. The summed E-state index contributed by atoms with van der Waals surface area (Å²) in [6.07, 6.45) is 0. The molecular weight excluding hydrogens is 270 g/mol. The van der Waals surface area contributed by atoms with Crippen molar-refractivity contribution in [3.63, 3.8) is 0 Å². The van der Waals surface area contributed by atoms with Crippen molar-refractivity contribution >= 4 is 28.3 Å². The standard InChI is InChI=1S/C13H18ClNO2S/c1-13(2,3)18(17)9-8-15-12(16)10-4-6-11(14)7-5-10/h4-7H,8-9H2,1-3H3,(H,15,16)/t18-/m1/s1. The van der Waals surface area contributed by atoms with Crippen molar-refractivity contribution in [2.45, 2.75) is 25.5 Å². The lowest BCUT2D eigenvalue weighted by Crippen LogP contribution is -2.32. The number of hydrogen-bond donors (Lipinski definition) is 1. The smallest absolute Gasteiger partial charge is 0.251 e. The van der Waals surface area contributed by atoms with Gasteiger partial charge in [-0.3, -0.25) is 9.00 Å². The fraction of sp³-hybridized carbons (Fsp3) is 0.462. The second-order valence-electron chi connectivity index (χ2n) is 4.92. The Balaban J connectivity index is 2.43. The Morgan fingerprint density at radius 3 is 2.33 bits per heavy atom. The molecule has 0 fully saturated rings. The maximum atomic E-state index is 11.8. The van der Waals surface area contributed by atoms with E-state index in [0.29, 0.717) is 22.9 Å². The molecule has 0 bridgehead atoms. The highest BCUT2D eigenvalue weighted by Crippen LogP contribution is 2.11. The van der Waals surface area contributed by atoms with Crippen LogP contribution in [-0.2, 0) is 10.8 Å². The third-order valence-electron chi connectivity index (χ3n) is 2.36. The van der Waals surface area contributed by atoms with Crippen LogP contribution in [-0.4, -0.2) is 27.2 Å². The molecule has 1 aromatic carbocycles. The third kappa shape index (κ3) is 4.78. The van der Waals surface area contributed by atoms with Gasteiger partial charge in [0.25, 0.3) is 5.91 Å². The molecule has 1 atom stereocenters. The highest BCUT2D eigenvalue weighted by Gasteiger charge is 2.18. The molecule has 1 aromatic rings. The van der Waals surface area contributed by atoms with Gasteiger partial charge in [0.1, 0.15) is 0 Å². The summed E-state index contributed by atoms with van der Waals surface area (Å²) in [5.41, 5.74) is 0.556. The minimum atomic E-state index is -0.950. The van der Waals surface area contributed by atoms with Crippen LogP contribution in [0.25, 0.3) is 0 Å². The Morgan fingerprint density at radius 2 is 1.83 bits per heavy atom. The van der Waals surface area contributed by atoms with Crippen LogP contribution in [0.3, 0.4) is 0 Å². The van der Waals surface area contributed by atoms with Crippen molar-refractivity contribution in [1.29, 1.82) is 0 Å². The summed E-state index contributed by atoms with van der Waals surface area (Å²) >= 11 is 5.74. The molecule has 0 aliphatic heterocycles. The van der Waals surface area contributed by atoms with E-state index in [-0.39, 0.29) is 10.7 Å². The quantitative estimate of drug-likeness (QED) is 0.925. The zero-order valence-corrected chi connectivity index (χ0v) is 12.4. The molecule has 0 aromatic heterocycles. The van der Waals surface area contributed by atoms with Crippen LogP contribution < -0.4 is 5.32 Å². The summed E-state index contributed by atoms with van der Waals surface area (Å²) in [6, 6.07) is 6.67. The molecule has 0 saturated carbocycles. The maximum absolute atomic E-state index is 11.8. The monoisotopic (exact) mass is 287 g/mol. The van der Waals surface area contributed by atoms with Gasteiger partial charge in [-0.2, -0.15) is 0 Å². The Kier molecular flexibility index (Phi) is 5.35. The summed E-state index contributed by atoms with van der Waals surface area (Å²) in [5, 5.41) is 3.34. The van der Waals surface area contributed by atoms with E-state index >= 15 is 0 Å². The lowest BCUT2D eigenvalue weighted by molar-refractivity contribution is 0.0956. The fourth-order valence-corrected chi connectivity index (χ4v) is 2.29. The molecule has 0 radical (unpaired) electrons. The van der Waals surface area contributed by atoms with Gasteiger partial charge >= 0.3 is 0 Å². The van der Waals surface area contributed by atoms with Crippen molar-refractivity contribution in [3.8, 4) is 0 Å². The minimum absolute atomic E-state index is 0.169. The first-order chi connectivity index (χ1) is 8.30. The van der Waals surface area contributed by atoms with Gasteiger partial charge in [-0.25, -0.2) is 0 Å². The van der Waals surface area contributed by atoms with Gasteiger partial charge in [0, 0.05) is 38.4 Å². The zero-order chi connectivity index (χ0) is 13.8. The Morgan fingerprint density at radius 1 is 1.28 bits per heavy atom. The number of rotatable bonds is 4. The number of nitrogens with one attached hydrogen (secondary N) is 1. The van der Waals surface area contributed by atoms with E-state index in [1.165, 1.54) is 0 Å². The first-order valence-corrected chi connectivity index (χ1v) is 7.42. The normalized spacial score (nSPS) is 13.1. The zero-order valence-electron chi connectivity index (χ0n) is 10.8. The highest BCUT2D eigenvalue weighted by molar-refractivity contribution is 7.86. The Bertz CT molecular complexity index is 437. The summed E-state index contributed by atoms with van der Waals surface area (Å²) < 4.78 is 11.5. The van der Waals surface area contributed by atoms with Crippen LogP contribution in [0, 0.1) is 0 Å². The molecule has 100 valence electrons. The predicted molar refractivity (Wildman–Crippen MR) is 76.5 cm³/mol. The van der Waals surface area contributed by atoms with Crippen LogP contribution in [0.15, 0.2) is 24.3 Å². The molecule has 0 aliphatic carbocycles. The molecular formula is C13H18ClNO2S. The van der Waals surface area contributed by atoms with Gasteiger partial charge in [0.2, 0.25) is 0 Å². The van der Waals surface area contributed by atoms with Gasteiger partial charge in [-0.1, -0.05) is 11.6 Å². The van der Waals surface area contributed by atoms with Crippen LogP contribution in [0.4, 0.5) is 0 Å². The van der Waals surface area contributed by atoms with E-state index < -0.39 is 10.8 Å². The number of amides is 1. The highest BCUT2D eigenvalue weighted by atomic mass is 35.5. The molecule has 1 rings (SSSR count). The first kappa shape index (κ1) is 15.2. The summed E-state index contributed by atoms with van der Waals surface area (Å²) in [7, 11) is -0.950. The number of halogens is 1. The summed E-state index contributed by atoms with van der Waals surface area (Å²) in [6.45, 7) is 6.17. The second kappa shape index (κ2) is 6.34. The number of carbonyl (C=O) groups is 1. The van der Waals surface area contributed by atoms with Crippen molar-refractivity contribution < 1.29 is 9.00 Å². The topological polar surface area (TPSA) is 46.2 Å². The van der Waals surface area contributed by atoms with Crippen LogP contribution in [0.2, 0.25) is 5.02 Å². The average Bonchev–Trinajstić information content (AvgIpc) is 2.28. The average molecular weight is 288 g/mol. The van der Waals surface area contributed by atoms with Gasteiger partial charge < -0.3 is 5.32 Å². The van der Waals surface area contributed by atoms with Gasteiger partial charge in [-0.05, 0) is 45.0 Å². The van der Waals surface area contributed by atoms with E-state index in [9.17, 15) is 9.00 Å². The van der Waals surface area contributed by atoms with Crippen molar-refractivity contribution in [1.82, 2.24) is 5.32 Å². The molecule has 1 amide bonds.